The Morgan fingerprint density at radius 2 is 2.00 bits per heavy atom. The summed E-state index contributed by atoms with van der Waals surface area (Å²) in [6.07, 6.45) is 0. The van der Waals surface area contributed by atoms with E-state index in [2.05, 4.69) is 55.0 Å². The highest BCUT2D eigenvalue weighted by atomic mass is 79.9. The molecule has 3 heteroatoms. The van der Waals surface area contributed by atoms with E-state index in [-0.39, 0.29) is 5.41 Å². The van der Waals surface area contributed by atoms with Crippen molar-refractivity contribution in [3.8, 4) is 5.75 Å². The minimum atomic E-state index is 0.158. The van der Waals surface area contributed by atoms with Crippen LogP contribution in [0.3, 0.4) is 0 Å². The van der Waals surface area contributed by atoms with Gasteiger partial charge in [0, 0.05) is 10.5 Å². The van der Waals surface area contributed by atoms with Crippen LogP contribution in [0.4, 0.5) is 0 Å². The highest BCUT2D eigenvalue weighted by Crippen LogP contribution is 2.37. The molecule has 0 heterocycles. The lowest BCUT2D eigenvalue weighted by atomic mass is 9.82. The van der Waals surface area contributed by atoms with Crippen LogP contribution in [0.5, 0.6) is 5.75 Å². The van der Waals surface area contributed by atoms with Gasteiger partial charge in [-0.1, -0.05) is 43.6 Å². The van der Waals surface area contributed by atoms with Gasteiger partial charge >= 0.3 is 0 Å². The molecule has 2 nitrogen and oxygen atoms in total. The summed E-state index contributed by atoms with van der Waals surface area (Å²) in [5, 5.41) is 3.55. The van der Waals surface area contributed by atoms with Crippen molar-refractivity contribution >= 4 is 15.9 Å². The lowest BCUT2D eigenvalue weighted by molar-refractivity contribution is 0.275. The van der Waals surface area contributed by atoms with E-state index < -0.39 is 0 Å². The number of benzene rings is 1. The van der Waals surface area contributed by atoms with E-state index in [4.69, 9.17) is 4.74 Å². The molecule has 1 rings (SSSR count). The molecule has 17 heavy (non-hydrogen) atoms. The maximum absolute atomic E-state index is 5.30. The first-order valence-electron chi connectivity index (χ1n) is 5.97. The predicted octanol–water partition coefficient (Wildman–Crippen LogP) is 4.15. The van der Waals surface area contributed by atoms with Gasteiger partial charge in [0.2, 0.25) is 0 Å². The van der Waals surface area contributed by atoms with Crippen LogP contribution < -0.4 is 10.1 Å². The van der Waals surface area contributed by atoms with Crippen LogP contribution in [0.2, 0.25) is 0 Å². The minimum absolute atomic E-state index is 0.158. The zero-order valence-corrected chi connectivity index (χ0v) is 12.9. The molecule has 1 N–H and O–H groups in total. The Balaban J connectivity index is 3.17. The zero-order chi connectivity index (χ0) is 13.1. The molecule has 1 aromatic rings. The van der Waals surface area contributed by atoms with Crippen LogP contribution in [0, 0.1) is 5.41 Å². The third-order valence-electron chi connectivity index (χ3n) is 2.79. The maximum Gasteiger partial charge on any atom is 0.119 e. The van der Waals surface area contributed by atoms with Gasteiger partial charge in [0.1, 0.15) is 5.75 Å². The summed E-state index contributed by atoms with van der Waals surface area (Å²) >= 11 is 3.63. The highest BCUT2D eigenvalue weighted by molar-refractivity contribution is 9.10. The molecule has 0 aliphatic heterocycles. The molecule has 0 aliphatic rings. The Labute approximate surface area is 113 Å². The fraction of sp³-hybridized carbons (Fsp3) is 0.571. The normalized spacial score (nSPS) is 13.5. The zero-order valence-electron chi connectivity index (χ0n) is 11.3. The van der Waals surface area contributed by atoms with Crippen molar-refractivity contribution in [3.05, 3.63) is 28.2 Å². The Hall–Kier alpha value is -0.540. The van der Waals surface area contributed by atoms with Crippen molar-refractivity contribution < 1.29 is 4.74 Å². The largest absolute Gasteiger partial charge is 0.497 e. The van der Waals surface area contributed by atoms with Crippen molar-refractivity contribution in [1.29, 1.82) is 0 Å². The smallest absolute Gasteiger partial charge is 0.119 e. The Bertz CT molecular complexity index is 371. The first-order chi connectivity index (χ1) is 7.90. The van der Waals surface area contributed by atoms with Crippen molar-refractivity contribution in [2.75, 3.05) is 13.7 Å². The van der Waals surface area contributed by atoms with Gasteiger partial charge in [-0.05, 0) is 35.7 Å². The standard InChI is InChI=1S/C14H22BrNO/c1-6-16-13(14(2,3)4)11-9-10(17-5)7-8-12(11)15/h7-9,13,16H,6H2,1-5H3. The molecule has 0 radical (unpaired) electrons. The number of nitrogens with one attached hydrogen (secondary N) is 1. The minimum Gasteiger partial charge on any atom is -0.497 e. The molecule has 0 amide bonds. The van der Waals surface area contributed by atoms with E-state index in [1.54, 1.807) is 7.11 Å². The maximum atomic E-state index is 5.30. The van der Waals surface area contributed by atoms with Gasteiger partial charge in [-0.2, -0.15) is 0 Å². The number of hydrogen-bond donors (Lipinski definition) is 1. The molecule has 1 atom stereocenters. The van der Waals surface area contributed by atoms with Crippen molar-refractivity contribution in [2.24, 2.45) is 5.41 Å². The fourth-order valence-electron chi connectivity index (χ4n) is 1.96. The lowest BCUT2D eigenvalue weighted by Crippen LogP contribution is -2.32. The summed E-state index contributed by atoms with van der Waals surface area (Å²) in [4.78, 5) is 0. The average Bonchev–Trinajstić information content (AvgIpc) is 2.25. The summed E-state index contributed by atoms with van der Waals surface area (Å²) in [6.45, 7) is 9.81. The Kier molecular flexibility index (Phi) is 5.02. The highest BCUT2D eigenvalue weighted by Gasteiger charge is 2.27. The van der Waals surface area contributed by atoms with Crippen molar-refractivity contribution in [2.45, 2.75) is 33.7 Å². The fourth-order valence-corrected chi connectivity index (χ4v) is 2.43. The topological polar surface area (TPSA) is 21.3 Å². The molecule has 0 aliphatic carbocycles. The van der Waals surface area contributed by atoms with Gasteiger partial charge in [0.15, 0.2) is 0 Å². The van der Waals surface area contributed by atoms with Gasteiger partial charge in [-0.25, -0.2) is 0 Å². The van der Waals surface area contributed by atoms with Crippen LogP contribution in [0.1, 0.15) is 39.3 Å². The molecule has 0 spiro atoms. The van der Waals surface area contributed by atoms with Gasteiger partial charge in [-0.15, -0.1) is 0 Å². The van der Waals surface area contributed by atoms with Gasteiger partial charge < -0.3 is 10.1 Å². The van der Waals surface area contributed by atoms with E-state index >= 15 is 0 Å². The van der Waals surface area contributed by atoms with E-state index in [1.165, 1.54) is 5.56 Å². The molecule has 96 valence electrons. The molecule has 1 unspecified atom stereocenters. The van der Waals surface area contributed by atoms with Crippen LogP contribution in [-0.4, -0.2) is 13.7 Å². The monoisotopic (exact) mass is 299 g/mol. The van der Waals surface area contributed by atoms with Crippen molar-refractivity contribution in [1.82, 2.24) is 5.32 Å². The van der Waals surface area contributed by atoms with Crippen LogP contribution in [0.25, 0.3) is 0 Å². The van der Waals surface area contributed by atoms with Crippen LogP contribution >= 0.6 is 15.9 Å². The first-order valence-corrected chi connectivity index (χ1v) is 6.76. The number of rotatable bonds is 4. The summed E-state index contributed by atoms with van der Waals surface area (Å²) < 4.78 is 6.43. The number of methoxy groups -OCH3 is 1. The summed E-state index contributed by atoms with van der Waals surface area (Å²) in [6, 6.07) is 6.42. The number of hydrogen-bond acceptors (Lipinski definition) is 2. The molecule has 0 aromatic heterocycles. The average molecular weight is 300 g/mol. The molecule has 1 aromatic carbocycles. The first kappa shape index (κ1) is 14.5. The third kappa shape index (κ3) is 3.71. The Morgan fingerprint density at radius 3 is 2.47 bits per heavy atom. The quantitative estimate of drug-likeness (QED) is 0.901. The summed E-state index contributed by atoms with van der Waals surface area (Å²) in [5.41, 5.74) is 1.41. The molecule has 0 bridgehead atoms. The van der Waals surface area contributed by atoms with Gasteiger partial charge in [-0.3, -0.25) is 0 Å². The van der Waals surface area contributed by atoms with Gasteiger partial charge in [0.25, 0.3) is 0 Å². The van der Waals surface area contributed by atoms with Crippen LogP contribution in [0.15, 0.2) is 22.7 Å². The molecule has 0 saturated heterocycles. The molecular formula is C14H22BrNO. The van der Waals surface area contributed by atoms with E-state index in [9.17, 15) is 0 Å². The van der Waals surface area contributed by atoms with E-state index in [0.29, 0.717) is 6.04 Å². The van der Waals surface area contributed by atoms with Crippen LogP contribution in [-0.2, 0) is 0 Å². The second kappa shape index (κ2) is 5.87. The molecule has 0 saturated carbocycles. The third-order valence-corrected chi connectivity index (χ3v) is 3.51. The Morgan fingerprint density at radius 1 is 1.35 bits per heavy atom. The SMILES string of the molecule is CCNC(c1cc(OC)ccc1Br)C(C)(C)C. The lowest BCUT2D eigenvalue weighted by Gasteiger charge is -2.32. The number of ether oxygens (including phenoxy) is 1. The molecule has 0 fully saturated rings. The van der Waals surface area contributed by atoms with Crippen molar-refractivity contribution in [3.63, 3.8) is 0 Å². The summed E-state index contributed by atoms with van der Waals surface area (Å²) in [5.74, 6) is 0.898. The predicted molar refractivity (Wildman–Crippen MR) is 76.6 cm³/mol. The van der Waals surface area contributed by atoms with Gasteiger partial charge in [0.05, 0.1) is 7.11 Å². The van der Waals surface area contributed by atoms with E-state index in [0.717, 1.165) is 16.8 Å². The summed E-state index contributed by atoms with van der Waals surface area (Å²) in [7, 11) is 1.70. The second-order valence-electron chi connectivity index (χ2n) is 5.24. The van der Waals surface area contributed by atoms with E-state index in [1.807, 2.05) is 12.1 Å². The number of halogens is 1. The molecular weight excluding hydrogens is 278 g/mol. The second-order valence-corrected chi connectivity index (χ2v) is 6.10.